The topological polar surface area (TPSA) is 65.4 Å². The van der Waals surface area contributed by atoms with Crippen molar-refractivity contribution in [2.45, 2.75) is 39.3 Å². The van der Waals surface area contributed by atoms with Crippen molar-refractivity contribution in [3.05, 3.63) is 11.8 Å². The number of hydrogen-bond donors (Lipinski definition) is 1. The minimum absolute atomic E-state index is 0.140. The van der Waals surface area contributed by atoms with Gasteiger partial charge in [-0.3, -0.25) is 9.48 Å². The van der Waals surface area contributed by atoms with Crippen LogP contribution in [0.25, 0.3) is 0 Å². The minimum atomic E-state index is -0.154. The van der Waals surface area contributed by atoms with E-state index < -0.39 is 0 Å². The van der Waals surface area contributed by atoms with E-state index in [0.29, 0.717) is 31.1 Å². The summed E-state index contributed by atoms with van der Waals surface area (Å²) in [7, 11) is 0. The summed E-state index contributed by atoms with van der Waals surface area (Å²) < 4.78 is 12.6. The Bertz CT molecular complexity index is 425. The quantitative estimate of drug-likeness (QED) is 0.841. The number of ether oxygens (including phenoxy) is 2. The van der Waals surface area contributed by atoms with Crippen molar-refractivity contribution in [2.24, 2.45) is 0 Å². The van der Waals surface area contributed by atoms with E-state index >= 15 is 0 Å². The Labute approximate surface area is 113 Å². The molecule has 0 aliphatic carbocycles. The van der Waals surface area contributed by atoms with Gasteiger partial charge < -0.3 is 14.8 Å². The van der Waals surface area contributed by atoms with Crippen LogP contribution in [-0.4, -0.2) is 41.6 Å². The van der Waals surface area contributed by atoms with Crippen LogP contribution in [-0.2, 0) is 11.3 Å². The van der Waals surface area contributed by atoms with Gasteiger partial charge in [-0.25, -0.2) is 0 Å². The zero-order valence-electron chi connectivity index (χ0n) is 11.5. The Hall–Kier alpha value is -1.56. The van der Waals surface area contributed by atoms with Crippen molar-refractivity contribution >= 4 is 5.91 Å². The molecule has 0 unspecified atom stereocenters. The zero-order valence-corrected chi connectivity index (χ0v) is 11.5. The number of aromatic nitrogens is 2. The van der Waals surface area contributed by atoms with Crippen LogP contribution >= 0.6 is 0 Å². The van der Waals surface area contributed by atoms with E-state index in [1.54, 1.807) is 10.9 Å². The highest BCUT2D eigenvalue weighted by Crippen LogP contribution is 2.16. The van der Waals surface area contributed by atoms with Gasteiger partial charge in [0.15, 0.2) is 0 Å². The highest BCUT2D eigenvalue weighted by Gasteiger charge is 2.20. The van der Waals surface area contributed by atoms with Crippen LogP contribution in [0.15, 0.2) is 6.20 Å². The predicted molar refractivity (Wildman–Crippen MR) is 70.4 cm³/mol. The molecule has 6 nitrogen and oxygen atoms in total. The number of carbonyl (C=O) groups excluding carboxylic acids is 1. The van der Waals surface area contributed by atoms with Crippen LogP contribution in [0.3, 0.4) is 0 Å². The van der Waals surface area contributed by atoms with Gasteiger partial charge in [-0.15, -0.1) is 5.10 Å². The molecule has 0 spiro atoms. The summed E-state index contributed by atoms with van der Waals surface area (Å²) in [5, 5.41) is 7.10. The molecule has 19 heavy (non-hydrogen) atoms. The minimum Gasteiger partial charge on any atom is -0.476 e. The molecule has 0 saturated carbocycles. The van der Waals surface area contributed by atoms with E-state index in [0.717, 1.165) is 19.4 Å². The third kappa shape index (κ3) is 3.47. The van der Waals surface area contributed by atoms with E-state index in [1.807, 2.05) is 13.8 Å². The maximum absolute atomic E-state index is 12.1. The fourth-order valence-corrected chi connectivity index (χ4v) is 2.07. The fraction of sp³-hybridized carbons (Fsp3) is 0.692. The summed E-state index contributed by atoms with van der Waals surface area (Å²) in [5.74, 6) is 0.243. The molecule has 6 heteroatoms. The number of hydrogen-bond acceptors (Lipinski definition) is 4. The van der Waals surface area contributed by atoms with Gasteiger partial charge in [0.2, 0.25) is 5.88 Å². The average Bonchev–Trinajstić information content (AvgIpc) is 3.05. The SMILES string of the molecule is CCOc1nn(CC)cc1C(=O)NC[C@H]1CCCO1. The average molecular weight is 267 g/mol. The third-order valence-electron chi connectivity index (χ3n) is 3.09. The standard InChI is InChI=1S/C13H21N3O3/c1-3-16-9-11(13(15-16)18-4-2)12(17)14-8-10-6-5-7-19-10/h9-10H,3-8H2,1-2H3,(H,14,17)/t10-/m1/s1. The van der Waals surface area contributed by atoms with Crippen molar-refractivity contribution < 1.29 is 14.3 Å². The molecule has 1 atom stereocenters. The summed E-state index contributed by atoms with van der Waals surface area (Å²) in [6.07, 6.45) is 3.93. The van der Waals surface area contributed by atoms with Crippen LogP contribution in [0, 0.1) is 0 Å². The molecule has 1 N–H and O–H groups in total. The highest BCUT2D eigenvalue weighted by atomic mass is 16.5. The number of nitrogens with zero attached hydrogens (tertiary/aromatic N) is 2. The van der Waals surface area contributed by atoms with E-state index in [1.165, 1.54) is 0 Å². The number of carbonyl (C=O) groups is 1. The first kappa shape index (κ1) is 13.9. The zero-order chi connectivity index (χ0) is 13.7. The molecule has 2 heterocycles. The van der Waals surface area contributed by atoms with Gasteiger partial charge in [-0.05, 0) is 26.7 Å². The van der Waals surface area contributed by atoms with Crippen molar-refractivity contribution in [2.75, 3.05) is 19.8 Å². The summed E-state index contributed by atoms with van der Waals surface area (Å²) in [5.41, 5.74) is 0.488. The Kier molecular flexibility index (Phi) is 4.79. The Morgan fingerprint density at radius 2 is 2.47 bits per heavy atom. The number of aryl methyl sites for hydroxylation is 1. The maximum Gasteiger partial charge on any atom is 0.258 e. The predicted octanol–water partition coefficient (Wildman–Crippen LogP) is 1.21. The largest absolute Gasteiger partial charge is 0.476 e. The van der Waals surface area contributed by atoms with E-state index in [-0.39, 0.29) is 12.0 Å². The van der Waals surface area contributed by atoms with Crippen molar-refractivity contribution in [1.29, 1.82) is 0 Å². The van der Waals surface area contributed by atoms with Crippen LogP contribution < -0.4 is 10.1 Å². The molecule has 2 rings (SSSR count). The number of amides is 1. The van der Waals surface area contributed by atoms with Crippen molar-refractivity contribution in [3.63, 3.8) is 0 Å². The molecule has 1 saturated heterocycles. The summed E-state index contributed by atoms with van der Waals surface area (Å²) in [6.45, 7) is 6.38. The lowest BCUT2D eigenvalue weighted by molar-refractivity contribution is 0.0854. The molecule has 1 aromatic rings. The van der Waals surface area contributed by atoms with Gasteiger partial charge in [0.05, 0.1) is 12.7 Å². The van der Waals surface area contributed by atoms with E-state index in [4.69, 9.17) is 9.47 Å². The van der Waals surface area contributed by atoms with Gasteiger partial charge in [0, 0.05) is 25.9 Å². The molecule has 0 aromatic carbocycles. The second-order valence-electron chi connectivity index (χ2n) is 4.48. The second kappa shape index (κ2) is 6.56. The Morgan fingerprint density at radius 1 is 1.63 bits per heavy atom. The normalized spacial score (nSPS) is 18.5. The number of rotatable bonds is 6. The first-order valence-corrected chi connectivity index (χ1v) is 6.84. The Morgan fingerprint density at radius 3 is 3.11 bits per heavy atom. The lowest BCUT2D eigenvalue weighted by Crippen LogP contribution is -2.31. The lowest BCUT2D eigenvalue weighted by Gasteiger charge is -2.10. The smallest absolute Gasteiger partial charge is 0.258 e. The van der Waals surface area contributed by atoms with Crippen LogP contribution in [0.5, 0.6) is 5.88 Å². The van der Waals surface area contributed by atoms with Gasteiger partial charge in [-0.2, -0.15) is 0 Å². The van der Waals surface area contributed by atoms with Crippen LogP contribution in [0.2, 0.25) is 0 Å². The first-order chi connectivity index (χ1) is 9.24. The fourth-order valence-electron chi connectivity index (χ4n) is 2.07. The van der Waals surface area contributed by atoms with Crippen molar-refractivity contribution in [3.8, 4) is 5.88 Å². The van der Waals surface area contributed by atoms with Crippen molar-refractivity contribution in [1.82, 2.24) is 15.1 Å². The highest BCUT2D eigenvalue weighted by molar-refractivity contribution is 5.96. The molecule has 1 aliphatic rings. The lowest BCUT2D eigenvalue weighted by atomic mass is 10.2. The summed E-state index contributed by atoms with van der Waals surface area (Å²) in [4.78, 5) is 12.1. The summed E-state index contributed by atoms with van der Waals surface area (Å²) >= 11 is 0. The summed E-state index contributed by atoms with van der Waals surface area (Å²) in [6, 6.07) is 0. The molecule has 1 amide bonds. The maximum atomic E-state index is 12.1. The molecular weight excluding hydrogens is 246 g/mol. The van der Waals surface area contributed by atoms with E-state index in [2.05, 4.69) is 10.4 Å². The van der Waals surface area contributed by atoms with Crippen LogP contribution in [0.4, 0.5) is 0 Å². The van der Waals surface area contributed by atoms with Gasteiger partial charge >= 0.3 is 0 Å². The van der Waals surface area contributed by atoms with Gasteiger partial charge in [0.1, 0.15) is 5.56 Å². The first-order valence-electron chi connectivity index (χ1n) is 6.84. The molecule has 1 aliphatic heterocycles. The van der Waals surface area contributed by atoms with E-state index in [9.17, 15) is 4.79 Å². The van der Waals surface area contributed by atoms with Gasteiger partial charge in [-0.1, -0.05) is 0 Å². The molecule has 0 bridgehead atoms. The van der Waals surface area contributed by atoms with Gasteiger partial charge in [0.25, 0.3) is 5.91 Å². The number of nitrogens with one attached hydrogen (secondary N) is 1. The third-order valence-corrected chi connectivity index (χ3v) is 3.09. The van der Waals surface area contributed by atoms with Crippen LogP contribution in [0.1, 0.15) is 37.0 Å². The molecule has 0 radical (unpaired) electrons. The Balaban J connectivity index is 1.98. The monoisotopic (exact) mass is 267 g/mol. The molecule has 106 valence electrons. The molecule has 1 aromatic heterocycles. The second-order valence-corrected chi connectivity index (χ2v) is 4.48. The molecular formula is C13H21N3O3. The molecule has 1 fully saturated rings.